The molecule has 0 spiro atoms. The third-order valence-electron chi connectivity index (χ3n) is 2.72. The fourth-order valence-corrected chi connectivity index (χ4v) is 2.40. The fourth-order valence-electron chi connectivity index (χ4n) is 1.63. The van der Waals surface area contributed by atoms with E-state index in [-0.39, 0.29) is 5.97 Å². The molecule has 0 saturated carbocycles. The molecule has 19 heavy (non-hydrogen) atoms. The van der Waals surface area contributed by atoms with Gasteiger partial charge in [-0.25, -0.2) is 9.78 Å². The number of carbonyl (C=O) groups is 1. The summed E-state index contributed by atoms with van der Waals surface area (Å²) in [6.45, 7) is 2.59. The van der Waals surface area contributed by atoms with E-state index in [2.05, 4.69) is 9.72 Å². The van der Waals surface area contributed by atoms with E-state index in [1.54, 1.807) is 35.6 Å². The molecule has 0 bridgehead atoms. The molecule has 0 unspecified atom stereocenters. The molecule has 0 radical (unpaired) electrons. The van der Waals surface area contributed by atoms with E-state index in [1.165, 1.54) is 12.0 Å². The summed E-state index contributed by atoms with van der Waals surface area (Å²) >= 11 is 1.64. The number of aromatic nitrogens is 1. The van der Waals surface area contributed by atoms with E-state index in [9.17, 15) is 4.79 Å². The van der Waals surface area contributed by atoms with Gasteiger partial charge in [0.1, 0.15) is 5.75 Å². The number of hydrogen-bond donors (Lipinski definition) is 0. The minimum atomic E-state index is -0.341. The predicted octanol–water partition coefficient (Wildman–Crippen LogP) is 2.86. The fraction of sp³-hybridized carbons (Fsp3) is 0.286. The molecule has 1 heterocycles. The number of methoxy groups -OCH3 is 1. The lowest BCUT2D eigenvalue weighted by molar-refractivity contribution is 0.0600. The molecule has 5 heteroatoms. The maximum Gasteiger partial charge on any atom is 0.337 e. The Bertz CT molecular complexity index is 548. The van der Waals surface area contributed by atoms with E-state index in [0.717, 1.165) is 17.9 Å². The number of thiazole rings is 1. The van der Waals surface area contributed by atoms with E-state index < -0.39 is 0 Å². The first-order chi connectivity index (χ1) is 9.20. The zero-order valence-corrected chi connectivity index (χ0v) is 11.7. The Balaban J connectivity index is 1.86. The Kier molecular flexibility index (Phi) is 4.52. The summed E-state index contributed by atoms with van der Waals surface area (Å²) in [5.41, 5.74) is 3.43. The van der Waals surface area contributed by atoms with Crippen molar-refractivity contribution in [2.24, 2.45) is 0 Å². The monoisotopic (exact) mass is 277 g/mol. The smallest absolute Gasteiger partial charge is 0.337 e. The van der Waals surface area contributed by atoms with Crippen molar-refractivity contribution in [2.75, 3.05) is 13.7 Å². The molecule has 0 amide bonds. The number of rotatable bonds is 5. The van der Waals surface area contributed by atoms with Gasteiger partial charge >= 0.3 is 5.97 Å². The van der Waals surface area contributed by atoms with E-state index in [1.807, 2.05) is 12.4 Å². The Morgan fingerprint density at radius 2 is 2.05 bits per heavy atom. The molecule has 1 aromatic carbocycles. The lowest BCUT2D eigenvalue weighted by Gasteiger charge is -2.06. The van der Waals surface area contributed by atoms with Crippen LogP contribution in [-0.2, 0) is 11.2 Å². The minimum Gasteiger partial charge on any atom is -0.493 e. The maximum atomic E-state index is 11.3. The second-order valence-corrected chi connectivity index (χ2v) is 4.91. The summed E-state index contributed by atoms with van der Waals surface area (Å²) in [5.74, 6) is 0.404. The van der Waals surface area contributed by atoms with Crippen LogP contribution in [0.1, 0.15) is 20.9 Å². The summed E-state index contributed by atoms with van der Waals surface area (Å²) in [6.07, 6.45) is 0.843. The van der Waals surface area contributed by atoms with Crippen LogP contribution in [0.4, 0.5) is 0 Å². The van der Waals surface area contributed by atoms with Crippen LogP contribution in [0.3, 0.4) is 0 Å². The first-order valence-corrected chi connectivity index (χ1v) is 6.79. The van der Waals surface area contributed by atoms with Gasteiger partial charge in [-0.3, -0.25) is 0 Å². The quantitative estimate of drug-likeness (QED) is 0.788. The average Bonchev–Trinajstić information content (AvgIpc) is 2.84. The Labute approximate surface area is 116 Å². The standard InChI is InChI=1S/C14H15NO3S/c1-10-13(19-9-15-10)7-8-18-12-5-3-11(4-6-12)14(16)17-2/h3-6,9H,7-8H2,1-2H3. The lowest BCUT2D eigenvalue weighted by Crippen LogP contribution is -2.03. The van der Waals surface area contributed by atoms with Crippen LogP contribution in [0, 0.1) is 6.92 Å². The molecule has 0 N–H and O–H groups in total. The second-order valence-electron chi connectivity index (χ2n) is 3.98. The SMILES string of the molecule is COC(=O)c1ccc(OCCc2scnc2C)cc1. The van der Waals surface area contributed by atoms with Crippen LogP contribution in [0.2, 0.25) is 0 Å². The molecule has 0 atom stereocenters. The molecule has 0 fully saturated rings. The van der Waals surface area contributed by atoms with Crippen LogP contribution in [0.25, 0.3) is 0 Å². The van der Waals surface area contributed by atoms with Crippen molar-refractivity contribution < 1.29 is 14.3 Å². The average molecular weight is 277 g/mol. The summed E-state index contributed by atoms with van der Waals surface area (Å²) < 4.78 is 10.3. The van der Waals surface area contributed by atoms with Crippen molar-refractivity contribution in [1.82, 2.24) is 4.98 Å². The Morgan fingerprint density at radius 1 is 1.32 bits per heavy atom. The summed E-state index contributed by atoms with van der Waals surface area (Å²) in [5, 5.41) is 0. The highest BCUT2D eigenvalue weighted by Gasteiger charge is 2.05. The van der Waals surface area contributed by atoms with Gasteiger partial charge in [0.2, 0.25) is 0 Å². The highest BCUT2D eigenvalue weighted by molar-refractivity contribution is 7.09. The van der Waals surface area contributed by atoms with Crippen LogP contribution < -0.4 is 4.74 Å². The first-order valence-electron chi connectivity index (χ1n) is 5.91. The first kappa shape index (κ1) is 13.5. The summed E-state index contributed by atoms with van der Waals surface area (Å²) in [7, 11) is 1.37. The van der Waals surface area contributed by atoms with Gasteiger partial charge in [0.25, 0.3) is 0 Å². The zero-order valence-electron chi connectivity index (χ0n) is 10.9. The van der Waals surface area contributed by atoms with Gasteiger partial charge in [0, 0.05) is 11.3 Å². The van der Waals surface area contributed by atoms with Gasteiger partial charge in [-0.1, -0.05) is 0 Å². The topological polar surface area (TPSA) is 48.4 Å². The number of benzene rings is 1. The molecule has 2 rings (SSSR count). The lowest BCUT2D eigenvalue weighted by atomic mass is 10.2. The Hall–Kier alpha value is -1.88. The number of esters is 1. The van der Waals surface area contributed by atoms with Crippen molar-refractivity contribution in [1.29, 1.82) is 0 Å². The van der Waals surface area contributed by atoms with E-state index in [4.69, 9.17) is 4.74 Å². The number of hydrogen-bond acceptors (Lipinski definition) is 5. The van der Waals surface area contributed by atoms with Crippen molar-refractivity contribution in [3.63, 3.8) is 0 Å². The maximum absolute atomic E-state index is 11.3. The highest BCUT2D eigenvalue weighted by Crippen LogP contribution is 2.16. The largest absolute Gasteiger partial charge is 0.493 e. The molecular formula is C14H15NO3S. The van der Waals surface area contributed by atoms with Crippen molar-refractivity contribution >= 4 is 17.3 Å². The zero-order chi connectivity index (χ0) is 13.7. The molecule has 2 aromatic rings. The highest BCUT2D eigenvalue weighted by atomic mass is 32.1. The third-order valence-corrected chi connectivity index (χ3v) is 3.71. The van der Waals surface area contributed by atoms with Gasteiger partial charge in [-0.15, -0.1) is 11.3 Å². The molecular weight excluding hydrogens is 262 g/mol. The van der Waals surface area contributed by atoms with Crippen LogP contribution in [0.15, 0.2) is 29.8 Å². The number of carbonyl (C=O) groups excluding carboxylic acids is 1. The molecule has 0 aliphatic rings. The minimum absolute atomic E-state index is 0.341. The third kappa shape index (κ3) is 3.54. The van der Waals surface area contributed by atoms with Gasteiger partial charge in [0.15, 0.2) is 0 Å². The van der Waals surface area contributed by atoms with Crippen LogP contribution >= 0.6 is 11.3 Å². The van der Waals surface area contributed by atoms with Crippen molar-refractivity contribution in [3.05, 3.63) is 45.9 Å². The van der Waals surface area contributed by atoms with Crippen molar-refractivity contribution in [3.8, 4) is 5.75 Å². The van der Waals surface area contributed by atoms with Crippen molar-refractivity contribution in [2.45, 2.75) is 13.3 Å². The number of nitrogens with zero attached hydrogens (tertiary/aromatic N) is 1. The molecule has 4 nitrogen and oxygen atoms in total. The summed E-state index contributed by atoms with van der Waals surface area (Å²) in [4.78, 5) is 16.7. The van der Waals surface area contributed by atoms with Gasteiger partial charge in [0.05, 0.1) is 30.5 Å². The molecule has 0 aliphatic heterocycles. The Morgan fingerprint density at radius 3 is 2.63 bits per heavy atom. The van der Waals surface area contributed by atoms with E-state index in [0.29, 0.717) is 12.2 Å². The van der Waals surface area contributed by atoms with Crippen LogP contribution in [-0.4, -0.2) is 24.7 Å². The van der Waals surface area contributed by atoms with Crippen LogP contribution in [0.5, 0.6) is 5.75 Å². The number of ether oxygens (including phenoxy) is 2. The second kappa shape index (κ2) is 6.33. The van der Waals surface area contributed by atoms with Gasteiger partial charge in [-0.05, 0) is 31.2 Å². The molecule has 0 saturated heterocycles. The predicted molar refractivity (Wildman–Crippen MR) is 73.8 cm³/mol. The normalized spacial score (nSPS) is 10.2. The van der Waals surface area contributed by atoms with Gasteiger partial charge in [-0.2, -0.15) is 0 Å². The molecule has 100 valence electrons. The van der Waals surface area contributed by atoms with E-state index >= 15 is 0 Å². The molecule has 1 aromatic heterocycles. The summed E-state index contributed by atoms with van der Waals surface area (Å²) in [6, 6.07) is 6.93. The number of aryl methyl sites for hydroxylation is 1. The molecule has 0 aliphatic carbocycles. The van der Waals surface area contributed by atoms with Gasteiger partial charge < -0.3 is 9.47 Å².